The molecule has 0 bridgehead atoms. The quantitative estimate of drug-likeness (QED) is 0.928. The van der Waals surface area contributed by atoms with E-state index < -0.39 is 0 Å². The molecule has 21 heavy (non-hydrogen) atoms. The number of hydrogen-bond donors (Lipinski definition) is 1. The summed E-state index contributed by atoms with van der Waals surface area (Å²) in [6, 6.07) is 14.9. The lowest BCUT2D eigenvalue weighted by Gasteiger charge is -2.27. The van der Waals surface area contributed by atoms with Crippen LogP contribution in [0.15, 0.2) is 42.5 Å². The standard InChI is InChI=1S/C18H21NO2/c1-20-16-10-8-14(9-11-16)19-15-7-6-13-4-3-5-18(21-2)17(13)12-15/h3-5,8-11,15,19H,6-7,12H2,1-2H3. The summed E-state index contributed by atoms with van der Waals surface area (Å²) < 4.78 is 10.7. The highest BCUT2D eigenvalue weighted by Crippen LogP contribution is 2.30. The maximum absolute atomic E-state index is 5.50. The maximum atomic E-state index is 5.50. The zero-order valence-electron chi connectivity index (χ0n) is 12.6. The van der Waals surface area contributed by atoms with E-state index in [1.807, 2.05) is 12.1 Å². The Morgan fingerprint density at radius 1 is 1.00 bits per heavy atom. The van der Waals surface area contributed by atoms with Gasteiger partial charge in [-0.2, -0.15) is 0 Å². The summed E-state index contributed by atoms with van der Waals surface area (Å²) in [5.74, 6) is 1.89. The number of aryl methyl sites for hydroxylation is 1. The van der Waals surface area contributed by atoms with Crippen LogP contribution in [0, 0.1) is 0 Å². The first-order valence-corrected chi connectivity index (χ1v) is 7.35. The highest BCUT2D eigenvalue weighted by molar-refractivity contribution is 5.49. The summed E-state index contributed by atoms with van der Waals surface area (Å²) in [6.45, 7) is 0. The number of benzene rings is 2. The third kappa shape index (κ3) is 2.97. The highest BCUT2D eigenvalue weighted by atomic mass is 16.5. The Bertz CT molecular complexity index is 593. The number of fused-ring (bicyclic) bond motifs is 1. The molecule has 0 aliphatic heterocycles. The number of rotatable bonds is 4. The zero-order chi connectivity index (χ0) is 14.7. The summed E-state index contributed by atoms with van der Waals surface area (Å²) in [6.07, 6.45) is 3.25. The Kier molecular flexibility index (Phi) is 4.00. The van der Waals surface area contributed by atoms with E-state index in [1.54, 1.807) is 14.2 Å². The van der Waals surface area contributed by atoms with Gasteiger partial charge in [-0.25, -0.2) is 0 Å². The average molecular weight is 283 g/mol. The second kappa shape index (κ2) is 6.08. The molecule has 0 spiro atoms. The van der Waals surface area contributed by atoms with Crippen LogP contribution in [0.1, 0.15) is 17.5 Å². The summed E-state index contributed by atoms with van der Waals surface area (Å²) in [7, 11) is 3.43. The largest absolute Gasteiger partial charge is 0.497 e. The minimum atomic E-state index is 0.446. The van der Waals surface area contributed by atoms with Crippen LogP contribution in [0.25, 0.3) is 0 Å². The Hall–Kier alpha value is -2.16. The Balaban J connectivity index is 1.73. The molecule has 3 heteroatoms. The molecule has 2 aromatic carbocycles. The minimum absolute atomic E-state index is 0.446. The fourth-order valence-electron chi connectivity index (χ4n) is 2.99. The fraction of sp³-hybridized carbons (Fsp3) is 0.333. The van der Waals surface area contributed by atoms with Gasteiger partial charge in [-0.1, -0.05) is 12.1 Å². The van der Waals surface area contributed by atoms with Crippen LogP contribution in [-0.4, -0.2) is 20.3 Å². The van der Waals surface area contributed by atoms with Gasteiger partial charge in [-0.05, 0) is 60.7 Å². The molecule has 3 rings (SSSR count). The smallest absolute Gasteiger partial charge is 0.122 e. The van der Waals surface area contributed by atoms with Crippen molar-refractivity contribution in [2.75, 3.05) is 19.5 Å². The van der Waals surface area contributed by atoms with E-state index in [2.05, 4.69) is 35.6 Å². The van der Waals surface area contributed by atoms with Gasteiger partial charge in [0.05, 0.1) is 14.2 Å². The molecule has 1 unspecified atom stereocenters. The van der Waals surface area contributed by atoms with E-state index in [0.29, 0.717) is 6.04 Å². The maximum Gasteiger partial charge on any atom is 0.122 e. The lowest BCUT2D eigenvalue weighted by molar-refractivity contribution is 0.404. The van der Waals surface area contributed by atoms with Crippen molar-refractivity contribution in [1.29, 1.82) is 0 Å². The molecule has 110 valence electrons. The van der Waals surface area contributed by atoms with E-state index in [-0.39, 0.29) is 0 Å². The monoisotopic (exact) mass is 283 g/mol. The molecule has 0 aromatic heterocycles. The number of ether oxygens (including phenoxy) is 2. The second-order valence-corrected chi connectivity index (χ2v) is 5.41. The number of hydrogen-bond acceptors (Lipinski definition) is 3. The third-order valence-corrected chi connectivity index (χ3v) is 4.12. The van der Waals surface area contributed by atoms with Gasteiger partial charge < -0.3 is 14.8 Å². The molecule has 0 amide bonds. The number of methoxy groups -OCH3 is 2. The first-order valence-electron chi connectivity index (χ1n) is 7.35. The molecule has 1 aliphatic rings. The van der Waals surface area contributed by atoms with Crippen molar-refractivity contribution in [3.8, 4) is 11.5 Å². The van der Waals surface area contributed by atoms with E-state index in [0.717, 1.165) is 36.4 Å². The van der Waals surface area contributed by atoms with Gasteiger partial charge in [-0.15, -0.1) is 0 Å². The first-order chi connectivity index (χ1) is 10.3. The molecule has 1 aliphatic carbocycles. The normalized spacial score (nSPS) is 17.0. The fourth-order valence-corrected chi connectivity index (χ4v) is 2.99. The molecule has 3 nitrogen and oxygen atoms in total. The van der Waals surface area contributed by atoms with Crippen LogP contribution in [-0.2, 0) is 12.8 Å². The Morgan fingerprint density at radius 2 is 1.81 bits per heavy atom. The highest BCUT2D eigenvalue weighted by Gasteiger charge is 2.21. The lowest BCUT2D eigenvalue weighted by atomic mass is 9.87. The molecule has 0 radical (unpaired) electrons. The summed E-state index contributed by atoms with van der Waals surface area (Å²) >= 11 is 0. The molecule has 0 heterocycles. The van der Waals surface area contributed by atoms with Crippen molar-refractivity contribution >= 4 is 5.69 Å². The minimum Gasteiger partial charge on any atom is -0.497 e. The van der Waals surface area contributed by atoms with Gasteiger partial charge in [0.25, 0.3) is 0 Å². The topological polar surface area (TPSA) is 30.5 Å². The molecule has 2 aromatic rings. The SMILES string of the molecule is COc1ccc(NC2CCc3cccc(OC)c3C2)cc1. The lowest BCUT2D eigenvalue weighted by Crippen LogP contribution is -2.27. The van der Waals surface area contributed by atoms with Crippen molar-refractivity contribution in [1.82, 2.24) is 0 Å². The number of anilines is 1. The zero-order valence-corrected chi connectivity index (χ0v) is 12.6. The van der Waals surface area contributed by atoms with Gasteiger partial charge in [-0.3, -0.25) is 0 Å². The van der Waals surface area contributed by atoms with Crippen molar-refractivity contribution in [3.05, 3.63) is 53.6 Å². The van der Waals surface area contributed by atoms with Crippen LogP contribution >= 0.6 is 0 Å². The van der Waals surface area contributed by atoms with Crippen LogP contribution in [0.5, 0.6) is 11.5 Å². The van der Waals surface area contributed by atoms with Gasteiger partial charge in [0.1, 0.15) is 11.5 Å². The molecule has 1 N–H and O–H groups in total. The molecular weight excluding hydrogens is 262 g/mol. The van der Waals surface area contributed by atoms with E-state index in [1.165, 1.54) is 11.1 Å². The summed E-state index contributed by atoms with van der Waals surface area (Å²) in [5, 5.41) is 3.61. The molecular formula is C18H21NO2. The van der Waals surface area contributed by atoms with Crippen molar-refractivity contribution < 1.29 is 9.47 Å². The predicted octanol–water partition coefficient (Wildman–Crippen LogP) is 3.67. The molecule has 0 saturated heterocycles. The van der Waals surface area contributed by atoms with Crippen molar-refractivity contribution in [2.24, 2.45) is 0 Å². The molecule has 1 atom stereocenters. The Morgan fingerprint density at radius 3 is 2.52 bits per heavy atom. The van der Waals surface area contributed by atoms with E-state index in [4.69, 9.17) is 9.47 Å². The van der Waals surface area contributed by atoms with Crippen molar-refractivity contribution in [3.63, 3.8) is 0 Å². The van der Waals surface area contributed by atoms with E-state index in [9.17, 15) is 0 Å². The summed E-state index contributed by atoms with van der Waals surface area (Å²) in [4.78, 5) is 0. The van der Waals surface area contributed by atoms with Gasteiger partial charge in [0.15, 0.2) is 0 Å². The van der Waals surface area contributed by atoms with Gasteiger partial charge >= 0.3 is 0 Å². The van der Waals surface area contributed by atoms with Crippen LogP contribution in [0.3, 0.4) is 0 Å². The van der Waals surface area contributed by atoms with Gasteiger partial charge in [0, 0.05) is 11.7 Å². The second-order valence-electron chi connectivity index (χ2n) is 5.41. The van der Waals surface area contributed by atoms with Crippen LogP contribution in [0.2, 0.25) is 0 Å². The van der Waals surface area contributed by atoms with E-state index >= 15 is 0 Å². The van der Waals surface area contributed by atoms with Crippen LogP contribution < -0.4 is 14.8 Å². The third-order valence-electron chi connectivity index (χ3n) is 4.12. The summed E-state index contributed by atoms with van der Waals surface area (Å²) in [5.41, 5.74) is 3.90. The number of nitrogens with one attached hydrogen (secondary N) is 1. The first kappa shape index (κ1) is 13.8. The molecule has 0 saturated carbocycles. The van der Waals surface area contributed by atoms with Crippen LogP contribution in [0.4, 0.5) is 5.69 Å². The molecule has 0 fully saturated rings. The average Bonchev–Trinajstić information content (AvgIpc) is 2.55. The predicted molar refractivity (Wildman–Crippen MR) is 85.4 cm³/mol. The van der Waals surface area contributed by atoms with Gasteiger partial charge in [0.2, 0.25) is 0 Å². The Labute approximate surface area is 125 Å². The van der Waals surface area contributed by atoms with Crippen molar-refractivity contribution in [2.45, 2.75) is 25.3 Å².